The molecule has 1 aromatic carbocycles. The van der Waals surface area contributed by atoms with Crippen molar-refractivity contribution in [3.05, 3.63) is 29.6 Å². The van der Waals surface area contributed by atoms with Crippen molar-refractivity contribution >= 4 is 0 Å². The molecule has 2 saturated carbocycles. The molecule has 0 heterocycles. The summed E-state index contributed by atoms with van der Waals surface area (Å²) in [5.41, 5.74) is 0.779. The van der Waals surface area contributed by atoms with Crippen LogP contribution < -0.4 is 4.74 Å². The lowest BCUT2D eigenvalue weighted by Gasteiger charge is -2.42. The number of hydrogen-bond acceptors (Lipinski definition) is 2. The molecule has 2 aliphatic rings. The van der Waals surface area contributed by atoms with Gasteiger partial charge in [-0.1, -0.05) is 19.4 Å². The molecule has 0 aliphatic heterocycles. The van der Waals surface area contributed by atoms with Crippen molar-refractivity contribution in [3.63, 3.8) is 0 Å². The molecule has 0 bridgehead atoms. The van der Waals surface area contributed by atoms with Crippen LogP contribution in [0.5, 0.6) is 5.75 Å². The van der Waals surface area contributed by atoms with Crippen LogP contribution in [0.4, 0.5) is 17.6 Å². The number of hydrogen-bond donors (Lipinski definition) is 0. The minimum absolute atomic E-state index is 0.207. The van der Waals surface area contributed by atoms with Gasteiger partial charge in [-0.3, -0.25) is 0 Å². The first-order valence-corrected chi connectivity index (χ1v) is 10.0. The molecule has 6 heteroatoms. The molecule has 27 heavy (non-hydrogen) atoms. The van der Waals surface area contributed by atoms with E-state index in [2.05, 4.69) is 11.7 Å². The first-order valence-electron chi connectivity index (χ1n) is 10.0. The zero-order valence-corrected chi connectivity index (χ0v) is 15.7. The van der Waals surface area contributed by atoms with Crippen molar-refractivity contribution in [1.29, 1.82) is 0 Å². The molecule has 0 aromatic heterocycles. The van der Waals surface area contributed by atoms with Gasteiger partial charge in [0.25, 0.3) is 0 Å². The molecule has 2 aliphatic carbocycles. The van der Waals surface area contributed by atoms with Crippen LogP contribution in [-0.2, 0) is 4.74 Å². The van der Waals surface area contributed by atoms with Gasteiger partial charge in [-0.25, -0.2) is 4.39 Å². The zero-order valence-electron chi connectivity index (χ0n) is 15.7. The molecule has 0 saturated heterocycles. The summed E-state index contributed by atoms with van der Waals surface area (Å²) in [5, 5.41) is 0. The number of ether oxygens (including phenoxy) is 2. The summed E-state index contributed by atoms with van der Waals surface area (Å²) in [6, 6.07) is 3.89. The van der Waals surface area contributed by atoms with Crippen molar-refractivity contribution in [1.82, 2.24) is 0 Å². The maximum absolute atomic E-state index is 14.0. The summed E-state index contributed by atoms with van der Waals surface area (Å²) in [5.74, 6) is -0.244. The smallest absolute Gasteiger partial charge is 0.403 e. The van der Waals surface area contributed by atoms with Crippen LogP contribution in [0.2, 0.25) is 0 Å². The Balaban J connectivity index is 1.56. The molecule has 2 fully saturated rings. The average molecular weight is 388 g/mol. The van der Waals surface area contributed by atoms with Gasteiger partial charge in [-0.05, 0) is 80.4 Å². The lowest BCUT2D eigenvalue weighted by Crippen LogP contribution is -2.34. The zero-order chi connectivity index (χ0) is 19.4. The lowest BCUT2D eigenvalue weighted by molar-refractivity contribution is -0.275. The van der Waals surface area contributed by atoms with E-state index in [0.717, 1.165) is 69.6 Å². The molecule has 4 atom stereocenters. The molecule has 3 rings (SSSR count). The second kappa shape index (κ2) is 8.80. The Morgan fingerprint density at radius 2 is 1.78 bits per heavy atom. The van der Waals surface area contributed by atoms with Crippen LogP contribution in [0.1, 0.15) is 69.8 Å². The topological polar surface area (TPSA) is 18.5 Å². The molecule has 152 valence electrons. The van der Waals surface area contributed by atoms with Crippen molar-refractivity contribution in [2.75, 3.05) is 6.61 Å². The maximum Gasteiger partial charge on any atom is 0.573 e. The number of rotatable bonds is 6. The van der Waals surface area contributed by atoms with Gasteiger partial charge in [-0.15, -0.1) is 13.2 Å². The monoisotopic (exact) mass is 388 g/mol. The molecule has 1 aromatic rings. The summed E-state index contributed by atoms with van der Waals surface area (Å²) >= 11 is 0. The van der Waals surface area contributed by atoms with Crippen LogP contribution >= 0.6 is 0 Å². The minimum atomic E-state index is -4.88. The van der Waals surface area contributed by atoms with Crippen molar-refractivity contribution < 1.29 is 27.0 Å². The van der Waals surface area contributed by atoms with Gasteiger partial charge in [0.1, 0.15) is 0 Å². The largest absolute Gasteiger partial charge is 0.573 e. The van der Waals surface area contributed by atoms with E-state index in [0.29, 0.717) is 17.9 Å². The van der Waals surface area contributed by atoms with Crippen LogP contribution in [0.15, 0.2) is 18.2 Å². The van der Waals surface area contributed by atoms with Gasteiger partial charge < -0.3 is 9.47 Å². The summed E-state index contributed by atoms with van der Waals surface area (Å²) in [4.78, 5) is 0. The highest BCUT2D eigenvalue weighted by molar-refractivity contribution is 5.32. The van der Waals surface area contributed by atoms with Crippen molar-refractivity contribution in [2.24, 2.45) is 11.8 Å². The van der Waals surface area contributed by atoms with E-state index in [-0.39, 0.29) is 5.92 Å². The Labute approximate surface area is 158 Å². The average Bonchev–Trinajstić information content (AvgIpc) is 2.62. The third-order valence-corrected chi connectivity index (χ3v) is 6.07. The number of halogens is 4. The van der Waals surface area contributed by atoms with Gasteiger partial charge in [-0.2, -0.15) is 0 Å². The number of unbranched alkanes of at least 4 members (excludes halogenated alkanes) is 1. The standard InChI is InChI=1S/C21H28F4O2/c1-2-3-10-26-18-8-6-15-11-14(4-5-16(15)12-18)17-7-9-20(19(22)13-17)27-21(23,24)25/h7,9,13-16,18H,2-6,8,10-12H2,1H3. The van der Waals surface area contributed by atoms with Gasteiger partial charge >= 0.3 is 6.36 Å². The Kier molecular flexibility index (Phi) is 6.66. The number of alkyl halides is 3. The Hall–Kier alpha value is -1.30. The molecule has 0 spiro atoms. The first kappa shape index (κ1) is 20.4. The second-order valence-electron chi connectivity index (χ2n) is 7.93. The number of fused-ring (bicyclic) bond motifs is 1. The van der Waals surface area contributed by atoms with Crippen LogP contribution in [0.25, 0.3) is 0 Å². The van der Waals surface area contributed by atoms with E-state index in [4.69, 9.17) is 4.74 Å². The first-order chi connectivity index (χ1) is 12.9. The SMILES string of the molecule is CCCCOC1CCC2CC(c3ccc(OC(F)(F)F)c(F)c3)CCC2C1. The second-order valence-corrected chi connectivity index (χ2v) is 7.93. The maximum atomic E-state index is 14.0. The Morgan fingerprint density at radius 3 is 2.48 bits per heavy atom. The molecular weight excluding hydrogens is 360 g/mol. The predicted molar refractivity (Wildman–Crippen MR) is 95.2 cm³/mol. The molecule has 0 N–H and O–H groups in total. The fourth-order valence-electron chi connectivity index (χ4n) is 4.67. The Bertz CT molecular complexity index is 617. The van der Waals surface area contributed by atoms with E-state index >= 15 is 0 Å². The fourth-order valence-corrected chi connectivity index (χ4v) is 4.67. The van der Waals surface area contributed by atoms with Gasteiger partial charge in [0.05, 0.1) is 6.10 Å². The van der Waals surface area contributed by atoms with Gasteiger partial charge in [0.2, 0.25) is 0 Å². The van der Waals surface area contributed by atoms with Crippen LogP contribution in [0, 0.1) is 17.7 Å². The van der Waals surface area contributed by atoms with E-state index in [1.165, 1.54) is 6.07 Å². The lowest BCUT2D eigenvalue weighted by atomic mass is 9.65. The van der Waals surface area contributed by atoms with E-state index in [1.54, 1.807) is 6.07 Å². The third kappa shape index (κ3) is 5.59. The number of benzene rings is 1. The van der Waals surface area contributed by atoms with Crippen LogP contribution in [0.3, 0.4) is 0 Å². The molecule has 2 nitrogen and oxygen atoms in total. The van der Waals surface area contributed by atoms with Crippen molar-refractivity contribution in [2.45, 2.75) is 76.7 Å². The highest BCUT2D eigenvalue weighted by Crippen LogP contribution is 2.47. The predicted octanol–water partition coefficient (Wildman–Crippen LogP) is 6.59. The third-order valence-electron chi connectivity index (χ3n) is 6.07. The minimum Gasteiger partial charge on any atom is -0.403 e. The van der Waals surface area contributed by atoms with Crippen LogP contribution in [-0.4, -0.2) is 19.1 Å². The Morgan fingerprint density at radius 1 is 1.04 bits per heavy atom. The molecular formula is C21H28F4O2. The highest BCUT2D eigenvalue weighted by atomic mass is 19.4. The summed E-state index contributed by atoms with van der Waals surface area (Å²) < 4.78 is 60.6. The molecule has 0 amide bonds. The fraction of sp³-hybridized carbons (Fsp3) is 0.714. The molecule has 0 radical (unpaired) electrons. The van der Waals surface area contributed by atoms with Gasteiger partial charge in [0, 0.05) is 6.61 Å². The van der Waals surface area contributed by atoms with E-state index in [9.17, 15) is 17.6 Å². The highest BCUT2D eigenvalue weighted by Gasteiger charge is 2.37. The summed E-state index contributed by atoms with van der Waals surface area (Å²) in [6.45, 7) is 3.00. The van der Waals surface area contributed by atoms with E-state index < -0.39 is 17.9 Å². The quantitative estimate of drug-likeness (QED) is 0.404. The van der Waals surface area contributed by atoms with E-state index in [1.807, 2.05) is 0 Å². The van der Waals surface area contributed by atoms with Crippen molar-refractivity contribution in [3.8, 4) is 5.75 Å². The summed E-state index contributed by atoms with van der Waals surface area (Å²) in [6.07, 6.45) is 4.03. The molecule has 4 unspecified atom stereocenters. The van der Waals surface area contributed by atoms with Gasteiger partial charge in [0.15, 0.2) is 11.6 Å². The summed E-state index contributed by atoms with van der Waals surface area (Å²) in [7, 11) is 0. The normalized spacial score (nSPS) is 28.6.